The molecule has 10 heteroatoms. The molecule has 0 atom stereocenters. The summed E-state index contributed by atoms with van der Waals surface area (Å²) in [6, 6.07) is 12.6. The van der Waals surface area contributed by atoms with Gasteiger partial charge in [0.25, 0.3) is 5.69 Å². The number of aromatic nitrogens is 1. The van der Waals surface area contributed by atoms with Crippen LogP contribution in [0.15, 0.2) is 60.1 Å². The number of halogens is 3. The van der Waals surface area contributed by atoms with Crippen molar-refractivity contribution >= 4 is 28.3 Å². The number of nitro benzene ring substituents is 1. The number of hydrogen-bond donors (Lipinski definition) is 1. The van der Waals surface area contributed by atoms with E-state index >= 15 is 0 Å². The number of para-hydroxylation sites is 1. The van der Waals surface area contributed by atoms with Gasteiger partial charge in [0.05, 0.1) is 21.9 Å². The molecule has 1 heterocycles. The third-order valence-corrected chi connectivity index (χ3v) is 4.71. The second-order valence-electron chi connectivity index (χ2n) is 5.70. The predicted molar refractivity (Wildman–Crippen MR) is 103 cm³/mol. The molecular weight excluding hydrogens is 405 g/mol. The summed E-state index contributed by atoms with van der Waals surface area (Å²) in [6.07, 6.45) is -3.36. The molecule has 6 nitrogen and oxygen atoms in total. The van der Waals surface area contributed by atoms with Gasteiger partial charge in [0.1, 0.15) is 16.6 Å². The lowest BCUT2D eigenvalue weighted by molar-refractivity contribution is -0.384. The first-order valence-corrected chi connectivity index (χ1v) is 8.91. The summed E-state index contributed by atoms with van der Waals surface area (Å²) < 4.78 is 39.2. The van der Waals surface area contributed by atoms with Gasteiger partial charge in [-0.3, -0.25) is 10.1 Å². The molecule has 0 aliphatic heterocycles. The van der Waals surface area contributed by atoms with E-state index in [1.54, 1.807) is 5.38 Å². The van der Waals surface area contributed by atoms with Gasteiger partial charge in [-0.1, -0.05) is 12.1 Å². The maximum absolute atomic E-state index is 13.1. The second kappa shape index (κ2) is 8.12. The van der Waals surface area contributed by atoms with Gasteiger partial charge >= 0.3 is 6.18 Å². The van der Waals surface area contributed by atoms with Crippen LogP contribution in [0.4, 0.5) is 24.5 Å². The Morgan fingerprint density at radius 2 is 1.90 bits per heavy atom. The molecule has 0 aliphatic rings. The molecule has 146 valence electrons. The Morgan fingerprint density at radius 1 is 1.21 bits per heavy atom. The zero-order valence-electron chi connectivity index (χ0n) is 14.5. The maximum Gasteiger partial charge on any atom is 0.418 e. The number of benzene rings is 2. The number of nitrogens with zero attached hydrogens (tertiary/aromatic N) is 3. The maximum atomic E-state index is 13.1. The average molecular weight is 416 g/mol. The number of allylic oxidation sites excluding steroid dienone is 1. The first-order valence-electron chi connectivity index (χ1n) is 8.03. The smallest absolute Gasteiger partial charge is 0.360 e. The molecule has 1 N–H and O–H groups in total. The lowest BCUT2D eigenvalue weighted by atomic mass is 10.1. The van der Waals surface area contributed by atoms with Crippen molar-refractivity contribution in [1.29, 1.82) is 5.26 Å². The number of non-ortho nitro benzene ring substituents is 1. The Labute approximate surface area is 166 Å². The Kier molecular flexibility index (Phi) is 5.61. The number of nitro groups is 1. The van der Waals surface area contributed by atoms with E-state index in [-0.39, 0.29) is 16.9 Å². The first kappa shape index (κ1) is 20.0. The highest BCUT2D eigenvalue weighted by Crippen LogP contribution is 2.35. The number of anilines is 1. The molecular formula is C19H11F3N4O2S. The predicted octanol–water partition coefficient (Wildman–Crippen LogP) is 5.71. The van der Waals surface area contributed by atoms with E-state index in [9.17, 15) is 28.5 Å². The standard InChI is InChI=1S/C19H11F3N4O2S/c20-19(21,22)15-3-1-2-4-16(15)24-10-13(9-23)18-25-17(11-29-18)12-5-7-14(8-6-12)26(27)28/h1-8,10-11,24H. The van der Waals surface area contributed by atoms with Gasteiger partial charge in [0.15, 0.2) is 0 Å². The van der Waals surface area contributed by atoms with Gasteiger partial charge in [-0.2, -0.15) is 18.4 Å². The van der Waals surface area contributed by atoms with Crippen LogP contribution in [-0.4, -0.2) is 9.91 Å². The molecule has 0 radical (unpaired) electrons. The number of hydrogen-bond acceptors (Lipinski definition) is 6. The monoisotopic (exact) mass is 416 g/mol. The second-order valence-corrected chi connectivity index (χ2v) is 6.56. The van der Waals surface area contributed by atoms with Crippen LogP contribution in [0.2, 0.25) is 0 Å². The van der Waals surface area contributed by atoms with Crippen molar-refractivity contribution in [2.24, 2.45) is 0 Å². The van der Waals surface area contributed by atoms with Crippen LogP contribution in [0, 0.1) is 21.4 Å². The molecule has 0 saturated carbocycles. The van der Waals surface area contributed by atoms with Crippen LogP contribution < -0.4 is 5.32 Å². The number of nitrogens with one attached hydrogen (secondary N) is 1. The Bertz CT molecular complexity index is 1120. The SMILES string of the molecule is N#CC(=CNc1ccccc1C(F)(F)F)c1nc(-c2ccc([N+](=O)[O-])cc2)cs1. The van der Waals surface area contributed by atoms with Crippen molar-refractivity contribution in [3.8, 4) is 17.3 Å². The molecule has 0 amide bonds. The lowest BCUT2D eigenvalue weighted by Gasteiger charge is -2.12. The molecule has 3 rings (SSSR count). The molecule has 0 unspecified atom stereocenters. The van der Waals surface area contributed by atoms with Gasteiger partial charge in [0, 0.05) is 29.3 Å². The summed E-state index contributed by atoms with van der Waals surface area (Å²) in [4.78, 5) is 14.5. The minimum atomic E-state index is -4.53. The topological polar surface area (TPSA) is 91.8 Å². The van der Waals surface area contributed by atoms with Gasteiger partial charge in [0.2, 0.25) is 0 Å². The third kappa shape index (κ3) is 4.59. The van der Waals surface area contributed by atoms with Gasteiger partial charge in [-0.25, -0.2) is 4.98 Å². The van der Waals surface area contributed by atoms with E-state index < -0.39 is 16.7 Å². The molecule has 0 saturated heterocycles. The summed E-state index contributed by atoms with van der Waals surface area (Å²) in [7, 11) is 0. The summed E-state index contributed by atoms with van der Waals surface area (Å²) in [5.41, 5.74) is 0.0798. The Balaban J connectivity index is 1.85. The van der Waals surface area contributed by atoms with E-state index in [0.29, 0.717) is 16.3 Å². The number of rotatable bonds is 5. The lowest BCUT2D eigenvalue weighted by Crippen LogP contribution is -2.08. The summed E-state index contributed by atoms with van der Waals surface area (Å²) in [5.74, 6) is 0. The number of thiazole rings is 1. The quantitative estimate of drug-likeness (QED) is 0.327. The summed E-state index contributed by atoms with van der Waals surface area (Å²) >= 11 is 1.13. The first-order chi connectivity index (χ1) is 13.8. The number of nitriles is 1. The van der Waals surface area contributed by atoms with Crippen molar-refractivity contribution < 1.29 is 18.1 Å². The van der Waals surface area contributed by atoms with Gasteiger partial charge < -0.3 is 5.32 Å². The van der Waals surface area contributed by atoms with Crippen molar-refractivity contribution in [2.45, 2.75) is 6.18 Å². The van der Waals surface area contributed by atoms with Crippen molar-refractivity contribution in [1.82, 2.24) is 4.98 Å². The van der Waals surface area contributed by atoms with Crippen LogP contribution in [0.3, 0.4) is 0 Å². The fourth-order valence-corrected chi connectivity index (χ4v) is 3.23. The third-order valence-electron chi connectivity index (χ3n) is 3.83. The Morgan fingerprint density at radius 3 is 2.52 bits per heavy atom. The van der Waals surface area contributed by atoms with Crippen molar-refractivity contribution in [3.63, 3.8) is 0 Å². The highest BCUT2D eigenvalue weighted by atomic mass is 32.1. The zero-order valence-corrected chi connectivity index (χ0v) is 15.3. The fraction of sp³-hybridized carbons (Fsp3) is 0.0526. The van der Waals surface area contributed by atoms with E-state index in [0.717, 1.165) is 17.4 Å². The summed E-state index contributed by atoms with van der Waals surface area (Å²) in [5, 5.41) is 24.6. The van der Waals surface area contributed by atoms with E-state index in [2.05, 4.69) is 10.3 Å². The molecule has 0 spiro atoms. The molecule has 0 aliphatic carbocycles. The fourth-order valence-electron chi connectivity index (χ4n) is 2.43. The van der Waals surface area contributed by atoms with Gasteiger partial charge in [-0.15, -0.1) is 11.3 Å². The van der Waals surface area contributed by atoms with Gasteiger partial charge in [-0.05, 0) is 24.3 Å². The normalized spacial score (nSPS) is 11.7. The summed E-state index contributed by atoms with van der Waals surface area (Å²) in [6.45, 7) is 0. The number of alkyl halides is 3. The molecule has 1 aromatic heterocycles. The average Bonchev–Trinajstić information content (AvgIpc) is 3.18. The minimum Gasteiger partial charge on any atom is -0.360 e. The zero-order chi connectivity index (χ0) is 21.0. The van der Waals surface area contributed by atoms with Crippen molar-refractivity contribution in [2.75, 3.05) is 5.32 Å². The van der Waals surface area contributed by atoms with E-state index in [4.69, 9.17) is 0 Å². The molecule has 0 fully saturated rings. The van der Waals surface area contributed by atoms with E-state index in [1.165, 1.54) is 48.7 Å². The van der Waals surface area contributed by atoms with Crippen LogP contribution in [0.1, 0.15) is 10.6 Å². The molecule has 3 aromatic rings. The minimum absolute atomic E-state index is 0.0557. The highest BCUT2D eigenvalue weighted by molar-refractivity contribution is 7.11. The molecule has 2 aromatic carbocycles. The highest BCUT2D eigenvalue weighted by Gasteiger charge is 2.33. The van der Waals surface area contributed by atoms with Crippen molar-refractivity contribution in [3.05, 3.63) is 80.8 Å². The van der Waals surface area contributed by atoms with Crippen LogP contribution in [0.25, 0.3) is 16.8 Å². The van der Waals surface area contributed by atoms with Crippen LogP contribution in [0.5, 0.6) is 0 Å². The Hall–Kier alpha value is -3.71. The largest absolute Gasteiger partial charge is 0.418 e. The van der Waals surface area contributed by atoms with Crippen LogP contribution in [-0.2, 0) is 6.18 Å². The molecule has 29 heavy (non-hydrogen) atoms. The van der Waals surface area contributed by atoms with Crippen LogP contribution >= 0.6 is 11.3 Å². The molecule has 0 bridgehead atoms. The van der Waals surface area contributed by atoms with E-state index in [1.807, 2.05) is 6.07 Å².